The van der Waals surface area contributed by atoms with E-state index in [9.17, 15) is 14.4 Å². The smallest absolute Gasteiger partial charge is 0.407 e. The highest BCUT2D eigenvalue weighted by Gasteiger charge is 2.17. The van der Waals surface area contributed by atoms with Crippen LogP contribution < -0.4 is 16.0 Å². The van der Waals surface area contributed by atoms with E-state index >= 15 is 0 Å². The number of likely N-dealkylation sites (N-methyl/N-ethyl adjacent to an activating group) is 1. The molecule has 1 unspecified atom stereocenters. The third-order valence-electron chi connectivity index (χ3n) is 2.88. The van der Waals surface area contributed by atoms with Crippen LogP contribution in [-0.4, -0.2) is 41.6 Å². The van der Waals surface area contributed by atoms with Gasteiger partial charge in [-0.05, 0) is 39.8 Å². The first kappa shape index (κ1) is 19.4. The lowest BCUT2D eigenvalue weighted by atomic mass is 10.2. The first-order chi connectivity index (χ1) is 11.1. The Hall–Kier alpha value is -2.64. The molecular formula is C16H24N4O4. The number of amides is 3. The van der Waals surface area contributed by atoms with Crippen molar-refractivity contribution in [2.75, 3.05) is 7.05 Å². The predicted octanol–water partition coefficient (Wildman–Crippen LogP) is 0.971. The summed E-state index contributed by atoms with van der Waals surface area (Å²) in [6.07, 6.45) is 0.901. The van der Waals surface area contributed by atoms with Crippen LogP contribution in [-0.2, 0) is 16.1 Å². The van der Waals surface area contributed by atoms with Crippen molar-refractivity contribution in [1.29, 1.82) is 0 Å². The van der Waals surface area contributed by atoms with Crippen LogP contribution in [0.3, 0.4) is 0 Å². The highest BCUT2D eigenvalue weighted by Crippen LogP contribution is 2.07. The second-order valence-electron chi connectivity index (χ2n) is 6.20. The molecule has 0 saturated heterocycles. The normalized spacial score (nSPS) is 12.0. The number of carbonyl (C=O) groups is 3. The van der Waals surface area contributed by atoms with Gasteiger partial charge in [-0.1, -0.05) is 0 Å². The molecule has 1 atom stereocenters. The molecule has 0 bridgehead atoms. The molecule has 24 heavy (non-hydrogen) atoms. The summed E-state index contributed by atoms with van der Waals surface area (Å²) in [6, 6.07) is 2.42. The van der Waals surface area contributed by atoms with Gasteiger partial charge in [-0.3, -0.25) is 14.6 Å². The zero-order chi connectivity index (χ0) is 18.3. The third kappa shape index (κ3) is 6.64. The first-order valence-corrected chi connectivity index (χ1v) is 7.56. The number of hydrogen-bond donors (Lipinski definition) is 3. The Labute approximate surface area is 141 Å². The molecule has 0 spiro atoms. The van der Waals surface area contributed by atoms with Gasteiger partial charge in [0.05, 0.1) is 12.2 Å². The summed E-state index contributed by atoms with van der Waals surface area (Å²) in [4.78, 5) is 39.3. The number of rotatable bonds is 5. The Balaban J connectivity index is 2.65. The van der Waals surface area contributed by atoms with E-state index in [-0.39, 0.29) is 12.5 Å². The Morgan fingerprint density at radius 3 is 2.54 bits per heavy atom. The van der Waals surface area contributed by atoms with E-state index in [1.165, 1.54) is 19.3 Å². The van der Waals surface area contributed by atoms with Gasteiger partial charge in [-0.15, -0.1) is 0 Å². The van der Waals surface area contributed by atoms with Gasteiger partial charge in [0, 0.05) is 18.8 Å². The number of ether oxygens (including phenoxy) is 1. The van der Waals surface area contributed by atoms with Crippen LogP contribution in [0.1, 0.15) is 43.7 Å². The molecular weight excluding hydrogens is 312 g/mol. The molecule has 1 heterocycles. The zero-order valence-electron chi connectivity index (χ0n) is 14.6. The molecule has 0 fully saturated rings. The fraction of sp³-hybridized carbons (Fsp3) is 0.500. The number of nitrogens with one attached hydrogen (secondary N) is 3. The van der Waals surface area contributed by atoms with Crippen LogP contribution in [0.25, 0.3) is 0 Å². The topological polar surface area (TPSA) is 109 Å². The van der Waals surface area contributed by atoms with E-state index < -0.39 is 23.6 Å². The van der Waals surface area contributed by atoms with Crippen molar-refractivity contribution < 1.29 is 19.1 Å². The third-order valence-corrected chi connectivity index (χ3v) is 2.88. The van der Waals surface area contributed by atoms with Gasteiger partial charge in [0.2, 0.25) is 5.91 Å². The van der Waals surface area contributed by atoms with Crippen LogP contribution in [0, 0.1) is 0 Å². The van der Waals surface area contributed by atoms with Crippen molar-refractivity contribution in [2.24, 2.45) is 0 Å². The Kier molecular flexibility index (Phi) is 6.69. The molecule has 0 aliphatic heterocycles. The van der Waals surface area contributed by atoms with Gasteiger partial charge in [-0.2, -0.15) is 0 Å². The standard InChI is InChI=1S/C16H24N4O4/c1-10(13(21)17-5)20-14(22)11-6-7-18-12(8-11)9-19-15(23)24-16(2,3)4/h6-8,10H,9H2,1-5H3,(H,17,21)(H,19,23)(H,20,22). The lowest BCUT2D eigenvalue weighted by molar-refractivity contribution is -0.122. The van der Waals surface area contributed by atoms with Crippen LogP contribution in [0.5, 0.6) is 0 Å². The molecule has 0 saturated carbocycles. The highest BCUT2D eigenvalue weighted by molar-refractivity contribution is 5.97. The van der Waals surface area contributed by atoms with Gasteiger partial charge in [0.1, 0.15) is 11.6 Å². The monoisotopic (exact) mass is 336 g/mol. The summed E-state index contributed by atoms with van der Waals surface area (Å²) in [5.74, 6) is -0.684. The maximum Gasteiger partial charge on any atom is 0.407 e. The summed E-state index contributed by atoms with van der Waals surface area (Å²) < 4.78 is 5.13. The Bertz CT molecular complexity index is 610. The average molecular weight is 336 g/mol. The van der Waals surface area contributed by atoms with E-state index in [0.29, 0.717) is 11.3 Å². The van der Waals surface area contributed by atoms with E-state index in [1.807, 2.05) is 0 Å². The van der Waals surface area contributed by atoms with Gasteiger partial charge in [0.25, 0.3) is 5.91 Å². The fourth-order valence-electron chi connectivity index (χ4n) is 1.76. The summed E-state index contributed by atoms with van der Waals surface area (Å²) in [7, 11) is 1.50. The van der Waals surface area contributed by atoms with E-state index in [1.54, 1.807) is 33.8 Å². The SMILES string of the molecule is CNC(=O)C(C)NC(=O)c1ccnc(CNC(=O)OC(C)(C)C)c1. The van der Waals surface area contributed by atoms with Crippen LogP contribution in [0.4, 0.5) is 4.79 Å². The van der Waals surface area contributed by atoms with Crippen molar-refractivity contribution >= 4 is 17.9 Å². The number of alkyl carbamates (subject to hydrolysis) is 1. The van der Waals surface area contributed by atoms with E-state index in [2.05, 4.69) is 20.9 Å². The minimum absolute atomic E-state index is 0.126. The second kappa shape index (κ2) is 8.28. The van der Waals surface area contributed by atoms with Gasteiger partial charge >= 0.3 is 6.09 Å². The largest absolute Gasteiger partial charge is 0.444 e. The van der Waals surface area contributed by atoms with Crippen molar-refractivity contribution in [3.63, 3.8) is 0 Å². The molecule has 0 aliphatic rings. The van der Waals surface area contributed by atoms with Crippen molar-refractivity contribution in [3.8, 4) is 0 Å². The molecule has 0 aromatic carbocycles. The fourth-order valence-corrected chi connectivity index (χ4v) is 1.76. The van der Waals surface area contributed by atoms with Crippen molar-refractivity contribution in [2.45, 2.75) is 45.9 Å². The molecule has 0 aliphatic carbocycles. The number of pyridine rings is 1. The first-order valence-electron chi connectivity index (χ1n) is 7.56. The molecule has 3 amide bonds. The Morgan fingerprint density at radius 2 is 1.96 bits per heavy atom. The maximum atomic E-state index is 12.1. The molecule has 1 aromatic rings. The zero-order valence-corrected chi connectivity index (χ0v) is 14.6. The summed E-state index contributed by atoms with van der Waals surface area (Å²) >= 11 is 0. The van der Waals surface area contributed by atoms with Crippen LogP contribution in [0.2, 0.25) is 0 Å². The van der Waals surface area contributed by atoms with E-state index in [0.717, 1.165) is 0 Å². The van der Waals surface area contributed by atoms with Crippen LogP contribution in [0.15, 0.2) is 18.3 Å². The molecule has 0 radical (unpaired) electrons. The molecule has 8 heteroatoms. The highest BCUT2D eigenvalue weighted by atomic mass is 16.6. The number of carbonyl (C=O) groups excluding carboxylic acids is 3. The lowest BCUT2D eigenvalue weighted by Crippen LogP contribution is -2.43. The van der Waals surface area contributed by atoms with Gasteiger partial charge < -0.3 is 20.7 Å². The van der Waals surface area contributed by atoms with Crippen LogP contribution >= 0.6 is 0 Å². The minimum Gasteiger partial charge on any atom is -0.444 e. The van der Waals surface area contributed by atoms with E-state index in [4.69, 9.17) is 4.74 Å². The predicted molar refractivity (Wildman–Crippen MR) is 88.3 cm³/mol. The summed E-state index contributed by atoms with van der Waals surface area (Å²) in [6.45, 7) is 7.01. The quantitative estimate of drug-likeness (QED) is 0.742. The van der Waals surface area contributed by atoms with Crippen molar-refractivity contribution in [3.05, 3.63) is 29.6 Å². The molecule has 1 rings (SSSR count). The number of nitrogens with zero attached hydrogens (tertiary/aromatic N) is 1. The van der Waals surface area contributed by atoms with Gasteiger partial charge in [0.15, 0.2) is 0 Å². The molecule has 3 N–H and O–H groups in total. The summed E-state index contributed by atoms with van der Waals surface area (Å²) in [5, 5.41) is 7.61. The maximum absolute atomic E-state index is 12.1. The molecule has 132 valence electrons. The second-order valence-corrected chi connectivity index (χ2v) is 6.20. The number of aromatic nitrogens is 1. The molecule has 8 nitrogen and oxygen atoms in total. The minimum atomic E-state index is -0.654. The Morgan fingerprint density at radius 1 is 1.29 bits per heavy atom. The lowest BCUT2D eigenvalue weighted by Gasteiger charge is -2.19. The van der Waals surface area contributed by atoms with Crippen molar-refractivity contribution in [1.82, 2.24) is 20.9 Å². The average Bonchev–Trinajstić information content (AvgIpc) is 2.50. The molecule has 1 aromatic heterocycles. The van der Waals surface area contributed by atoms with Gasteiger partial charge in [-0.25, -0.2) is 4.79 Å². The number of hydrogen-bond acceptors (Lipinski definition) is 5. The summed E-state index contributed by atoms with van der Waals surface area (Å²) in [5.41, 5.74) is 0.262.